The number of anilines is 1. The molecule has 1 heterocycles. The Labute approximate surface area is 145 Å². The Hall–Kier alpha value is -1.77. The summed E-state index contributed by atoms with van der Waals surface area (Å²) in [5, 5.41) is 2.78. The third kappa shape index (κ3) is 4.86. The maximum Gasteiger partial charge on any atom is 0.397 e. The number of carbonyl (C=O) groups is 2. The number of rotatable bonds is 2. The highest BCUT2D eigenvalue weighted by Crippen LogP contribution is 2.24. The number of piperazine rings is 1. The second-order valence-electron chi connectivity index (χ2n) is 5.50. The summed E-state index contributed by atoms with van der Waals surface area (Å²) in [4.78, 5) is 26.4. The predicted molar refractivity (Wildman–Crippen MR) is 86.7 cm³/mol. The van der Waals surface area contributed by atoms with Gasteiger partial charge in [-0.25, -0.2) is 4.79 Å². The highest BCUT2D eigenvalue weighted by atomic mass is 79.9. The Morgan fingerprint density at radius 2 is 1.75 bits per heavy atom. The zero-order chi connectivity index (χ0) is 17.9. The number of benzene rings is 1. The van der Waals surface area contributed by atoms with E-state index < -0.39 is 18.5 Å². The molecular formula is C15H17BrF3N3O2. The molecule has 1 aliphatic heterocycles. The molecule has 3 amide bonds. The molecule has 0 radical (unpaired) electrons. The fraction of sp³-hybridized carbons (Fsp3) is 0.467. The van der Waals surface area contributed by atoms with Gasteiger partial charge >= 0.3 is 12.2 Å². The van der Waals surface area contributed by atoms with Crippen LogP contribution in [0.2, 0.25) is 0 Å². The van der Waals surface area contributed by atoms with Gasteiger partial charge in [0.25, 0.3) is 0 Å². The van der Waals surface area contributed by atoms with Crippen molar-refractivity contribution in [3.8, 4) is 0 Å². The summed E-state index contributed by atoms with van der Waals surface area (Å²) in [7, 11) is 0. The third-order valence-electron chi connectivity index (χ3n) is 3.78. The number of amides is 3. The quantitative estimate of drug-likeness (QED) is 0.816. The second-order valence-corrected chi connectivity index (χ2v) is 6.36. The molecule has 1 aliphatic rings. The Bertz CT molecular complexity index is 629. The Balaban J connectivity index is 1.89. The van der Waals surface area contributed by atoms with Crippen molar-refractivity contribution >= 4 is 33.6 Å². The van der Waals surface area contributed by atoms with Crippen LogP contribution in [-0.2, 0) is 4.79 Å². The molecule has 1 aromatic rings. The van der Waals surface area contributed by atoms with Crippen molar-refractivity contribution in [2.45, 2.75) is 19.5 Å². The van der Waals surface area contributed by atoms with Gasteiger partial charge in [0.05, 0.1) is 0 Å². The molecule has 0 atom stereocenters. The fourth-order valence-corrected chi connectivity index (χ4v) is 2.75. The first-order chi connectivity index (χ1) is 11.2. The van der Waals surface area contributed by atoms with E-state index in [0.717, 1.165) is 14.9 Å². The van der Waals surface area contributed by atoms with Crippen LogP contribution in [0.15, 0.2) is 22.7 Å². The number of alkyl halides is 3. The van der Waals surface area contributed by atoms with Gasteiger partial charge in [-0.3, -0.25) is 4.79 Å². The smallest absolute Gasteiger partial charge is 0.339 e. The first-order valence-corrected chi connectivity index (χ1v) is 8.12. The summed E-state index contributed by atoms with van der Waals surface area (Å²) in [5.41, 5.74) is 1.54. The molecule has 1 N–H and O–H groups in total. The molecule has 24 heavy (non-hydrogen) atoms. The summed E-state index contributed by atoms with van der Waals surface area (Å²) >= 11 is 3.38. The van der Waals surface area contributed by atoms with Crippen molar-refractivity contribution in [3.63, 3.8) is 0 Å². The zero-order valence-corrected chi connectivity index (χ0v) is 14.6. The van der Waals surface area contributed by atoms with Crippen molar-refractivity contribution in [1.82, 2.24) is 9.80 Å². The summed E-state index contributed by atoms with van der Waals surface area (Å²) in [6.07, 6.45) is -5.97. The molecule has 1 fully saturated rings. The van der Waals surface area contributed by atoms with Crippen molar-refractivity contribution < 1.29 is 22.8 Å². The van der Waals surface area contributed by atoms with Gasteiger partial charge in [-0.1, -0.05) is 22.0 Å². The zero-order valence-electron chi connectivity index (χ0n) is 13.0. The van der Waals surface area contributed by atoms with Crippen LogP contribution in [0.5, 0.6) is 0 Å². The van der Waals surface area contributed by atoms with Crippen molar-refractivity contribution in [3.05, 3.63) is 28.2 Å². The molecule has 0 spiro atoms. The van der Waals surface area contributed by atoms with Gasteiger partial charge in [0.1, 0.15) is 6.42 Å². The first kappa shape index (κ1) is 18.6. The van der Waals surface area contributed by atoms with Crippen LogP contribution >= 0.6 is 15.9 Å². The van der Waals surface area contributed by atoms with Crippen LogP contribution in [0.25, 0.3) is 0 Å². The van der Waals surface area contributed by atoms with Crippen LogP contribution in [0.4, 0.5) is 23.7 Å². The minimum Gasteiger partial charge on any atom is -0.339 e. The maximum atomic E-state index is 12.3. The number of nitrogens with zero attached hydrogens (tertiary/aromatic N) is 2. The molecular weight excluding hydrogens is 391 g/mol. The van der Waals surface area contributed by atoms with E-state index in [1.165, 1.54) is 4.90 Å². The lowest BCUT2D eigenvalue weighted by atomic mass is 10.2. The normalized spacial score (nSPS) is 15.4. The van der Waals surface area contributed by atoms with Crippen LogP contribution in [-0.4, -0.2) is 54.1 Å². The average Bonchev–Trinajstić information content (AvgIpc) is 2.50. The van der Waals surface area contributed by atoms with E-state index in [2.05, 4.69) is 21.2 Å². The van der Waals surface area contributed by atoms with Gasteiger partial charge in [-0.05, 0) is 24.6 Å². The Kier molecular flexibility index (Phi) is 5.74. The van der Waals surface area contributed by atoms with Crippen molar-refractivity contribution in [2.24, 2.45) is 0 Å². The number of urea groups is 1. The lowest BCUT2D eigenvalue weighted by Gasteiger charge is -2.35. The van der Waals surface area contributed by atoms with Crippen LogP contribution in [0, 0.1) is 6.92 Å². The minimum atomic E-state index is -4.51. The summed E-state index contributed by atoms with van der Waals surface area (Å²) in [6.45, 7) is 2.44. The Morgan fingerprint density at radius 1 is 1.17 bits per heavy atom. The van der Waals surface area contributed by atoms with Crippen molar-refractivity contribution in [2.75, 3.05) is 31.5 Å². The SMILES string of the molecule is Cc1c(Br)cccc1NC(=O)N1CCN(C(=O)CC(F)(F)F)CC1. The predicted octanol–water partition coefficient (Wildman–Crippen LogP) is 3.39. The Morgan fingerprint density at radius 3 is 2.33 bits per heavy atom. The van der Waals surface area contributed by atoms with Crippen LogP contribution in [0.3, 0.4) is 0 Å². The molecule has 1 saturated heterocycles. The van der Waals surface area contributed by atoms with E-state index in [4.69, 9.17) is 0 Å². The summed E-state index contributed by atoms with van der Waals surface area (Å²) in [6, 6.07) is 5.08. The summed E-state index contributed by atoms with van der Waals surface area (Å²) in [5.74, 6) is -0.953. The van der Waals surface area contributed by atoms with Gasteiger partial charge in [0.2, 0.25) is 5.91 Å². The van der Waals surface area contributed by atoms with E-state index in [0.29, 0.717) is 5.69 Å². The molecule has 5 nitrogen and oxygen atoms in total. The van der Waals surface area contributed by atoms with E-state index in [1.807, 2.05) is 13.0 Å². The first-order valence-electron chi connectivity index (χ1n) is 7.33. The van der Waals surface area contributed by atoms with E-state index in [1.54, 1.807) is 12.1 Å². The van der Waals surface area contributed by atoms with Gasteiger partial charge in [-0.2, -0.15) is 13.2 Å². The lowest BCUT2D eigenvalue weighted by molar-refractivity contribution is -0.162. The number of halogens is 4. The van der Waals surface area contributed by atoms with Gasteiger partial charge in [-0.15, -0.1) is 0 Å². The fourth-order valence-electron chi connectivity index (χ4n) is 2.38. The molecule has 0 aliphatic carbocycles. The van der Waals surface area contributed by atoms with Gasteiger partial charge in [0, 0.05) is 36.3 Å². The second kappa shape index (κ2) is 7.42. The lowest BCUT2D eigenvalue weighted by Crippen LogP contribution is -2.52. The van der Waals surface area contributed by atoms with Crippen LogP contribution < -0.4 is 5.32 Å². The highest BCUT2D eigenvalue weighted by Gasteiger charge is 2.34. The third-order valence-corrected chi connectivity index (χ3v) is 4.64. The van der Waals surface area contributed by atoms with E-state index in [-0.39, 0.29) is 32.2 Å². The molecule has 0 saturated carbocycles. The minimum absolute atomic E-state index is 0.0970. The maximum absolute atomic E-state index is 12.3. The molecule has 1 aromatic carbocycles. The standard InChI is InChI=1S/C15H17BrF3N3O2/c1-10-11(16)3-2-4-12(10)20-14(24)22-7-5-21(6-8-22)13(23)9-15(17,18)19/h2-4H,5-9H2,1H3,(H,20,24). The molecule has 2 rings (SSSR count). The molecule has 0 bridgehead atoms. The molecule has 0 unspecified atom stereocenters. The number of hydrogen-bond acceptors (Lipinski definition) is 2. The molecule has 9 heteroatoms. The molecule has 132 valence electrons. The number of carbonyl (C=O) groups excluding carboxylic acids is 2. The highest BCUT2D eigenvalue weighted by molar-refractivity contribution is 9.10. The van der Waals surface area contributed by atoms with Gasteiger partial charge < -0.3 is 15.1 Å². The van der Waals surface area contributed by atoms with Crippen LogP contribution in [0.1, 0.15) is 12.0 Å². The van der Waals surface area contributed by atoms with Gasteiger partial charge in [0.15, 0.2) is 0 Å². The topological polar surface area (TPSA) is 52.7 Å². The van der Waals surface area contributed by atoms with Crippen molar-refractivity contribution in [1.29, 1.82) is 0 Å². The van der Waals surface area contributed by atoms with E-state index in [9.17, 15) is 22.8 Å². The monoisotopic (exact) mass is 407 g/mol. The summed E-state index contributed by atoms with van der Waals surface area (Å²) < 4.78 is 37.6. The average molecular weight is 408 g/mol. The molecule has 0 aromatic heterocycles. The van der Waals surface area contributed by atoms with E-state index >= 15 is 0 Å². The number of hydrogen-bond donors (Lipinski definition) is 1. The number of nitrogens with one attached hydrogen (secondary N) is 1. The largest absolute Gasteiger partial charge is 0.397 e.